The van der Waals surface area contributed by atoms with Crippen LogP contribution in [0.3, 0.4) is 0 Å². The summed E-state index contributed by atoms with van der Waals surface area (Å²) in [6.07, 6.45) is 30.4. The number of unbranched alkanes of at least 4 members (excludes halogenated alkanes) is 16. The molecule has 256 valence electrons. The third kappa shape index (κ3) is 20.2. The predicted octanol–water partition coefficient (Wildman–Crippen LogP) is 14.3. The molecule has 2 aromatic rings. The molecule has 45 heavy (non-hydrogen) atoms. The summed E-state index contributed by atoms with van der Waals surface area (Å²) in [6, 6.07) is 18.1. The van der Waals surface area contributed by atoms with Crippen LogP contribution in [0.25, 0.3) is 0 Å². The molecule has 2 aromatic carbocycles. The molecular weight excluding hydrogens is 591 g/mol. The molecule has 2 rings (SSSR count). The van der Waals surface area contributed by atoms with E-state index in [-0.39, 0.29) is 16.5 Å². The Bertz CT molecular complexity index is 1040. The molecule has 0 aliphatic carbocycles. The molecule has 0 saturated carbocycles. The van der Waals surface area contributed by atoms with Crippen LogP contribution in [0.1, 0.15) is 180 Å². The fourth-order valence-electron chi connectivity index (χ4n) is 6.06. The van der Waals surface area contributed by atoms with Gasteiger partial charge in [-0.2, -0.15) is 0 Å². The molecule has 0 aromatic heterocycles. The molecule has 0 heterocycles. The van der Waals surface area contributed by atoms with Gasteiger partial charge in [0.25, 0.3) is 0 Å². The van der Waals surface area contributed by atoms with E-state index in [1.807, 2.05) is 0 Å². The Morgan fingerprint density at radius 1 is 0.422 bits per heavy atom. The van der Waals surface area contributed by atoms with Crippen molar-refractivity contribution >= 4 is 22.8 Å². The van der Waals surface area contributed by atoms with Gasteiger partial charge in [0.15, 0.2) is 0 Å². The van der Waals surface area contributed by atoms with Crippen molar-refractivity contribution in [3.8, 4) is 0 Å². The van der Waals surface area contributed by atoms with Crippen LogP contribution in [0.5, 0.6) is 0 Å². The number of rotatable bonds is 27. The second-order valence-electron chi connectivity index (χ2n) is 13.1. The molecule has 0 fully saturated rings. The quantitative estimate of drug-likeness (QED) is 0.0518. The second kappa shape index (κ2) is 28.5. The molecule has 0 radical (unpaired) electrons. The normalized spacial score (nSPS) is 12.0. The average Bonchev–Trinajstić information content (AvgIpc) is 3.04. The molecule has 0 aliphatic rings. The molecule has 0 saturated heterocycles. The van der Waals surface area contributed by atoms with Crippen LogP contribution in [-0.4, -0.2) is 11.4 Å². The van der Waals surface area contributed by atoms with E-state index in [2.05, 4.69) is 76.2 Å². The predicted molar refractivity (Wildman–Crippen MR) is 199 cm³/mol. The van der Waals surface area contributed by atoms with Crippen LogP contribution in [0.4, 0.5) is 11.4 Å². The van der Waals surface area contributed by atoms with E-state index in [0.29, 0.717) is 0 Å². The van der Waals surface area contributed by atoms with Gasteiger partial charge in [-0.15, -0.1) is 0 Å². The Morgan fingerprint density at radius 3 is 1.16 bits per heavy atom. The van der Waals surface area contributed by atoms with Gasteiger partial charge >= 0.3 is 0 Å². The van der Waals surface area contributed by atoms with Crippen molar-refractivity contribution in [3.63, 3.8) is 0 Å². The maximum Gasteiger partial charge on any atom is 0.0636 e. The Kier molecular flexibility index (Phi) is 26.1. The Balaban J connectivity index is 0.0000101. The monoisotopic (exact) mass is 658 g/mol. The topological polar surface area (TPSA) is 24.7 Å². The van der Waals surface area contributed by atoms with Gasteiger partial charge in [0, 0.05) is 16.5 Å². The maximum absolute atomic E-state index is 5.39. The number of hydrogen-bond donors (Lipinski definition) is 0. The summed E-state index contributed by atoms with van der Waals surface area (Å²) in [5, 5.41) is 0. The van der Waals surface area contributed by atoms with E-state index in [1.54, 1.807) is 0 Å². The summed E-state index contributed by atoms with van der Waals surface area (Å²) in [7, 11) is 0. The van der Waals surface area contributed by atoms with E-state index in [1.165, 1.54) is 151 Å². The van der Waals surface area contributed by atoms with E-state index in [4.69, 9.17) is 9.98 Å². The van der Waals surface area contributed by atoms with Gasteiger partial charge in [0.1, 0.15) is 0 Å². The minimum atomic E-state index is 0. The summed E-state index contributed by atoms with van der Waals surface area (Å²) in [5.74, 6) is 0. The SMILES string of the molecule is CCCCCCCCC(=Nc1cccc(CCCCCCC)c1)C(CCCCCC)=Nc1cccc(CCCCCCC)c1.[Ni]. The van der Waals surface area contributed by atoms with Crippen LogP contribution in [0, 0.1) is 0 Å². The number of benzene rings is 2. The van der Waals surface area contributed by atoms with Crippen LogP contribution >= 0.6 is 0 Å². The largest absolute Gasteiger partial charge is 0.252 e. The Morgan fingerprint density at radius 2 is 0.756 bits per heavy atom. The molecule has 0 amide bonds. The molecule has 0 N–H and O–H groups in total. The first-order valence-corrected chi connectivity index (χ1v) is 19.0. The average molecular weight is 660 g/mol. The fourth-order valence-corrected chi connectivity index (χ4v) is 6.06. The van der Waals surface area contributed by atoms with Crippen LogP contribution in [0.2, 0.25) is 0 Å². The molecule has 0 spiro atoms. The first-order valence-electron chi connectivity index (χ1n) is 19.0. The van der Waals surface area contributed by atoms with E-state index in [0.717, 1.165) is 37.1 Å². The number of nitrogens with zero attached hydrogens (tertiary/aromatic N) is 2. The third-order valence-corrected chi connectivity index (χ3v) is 8.85. The summed E-state index contributed by atoms with van der Waals surface area (Å²) in [4.78, 5) is 10.8. The van der Waals surface area contributed by atoms with Crippen molar-refractivity contribution in [2.75, 3.05) is 0 Å². The van der Waals surface area contributed by atoms with Gasteiger partial charge in [0.05, 0.1) is 22.8 Å². The van der Waals surface area contributed by atoms with Crippen LogP contribution in [-0.2, 0) is 29.3 Å². The maximum atomic E-state index is 5.39. The smallest absolute Gasteiger partial charge is 0.0636 e. The van der Waals surface area contributed by atoms with Gasteiger partial charge < -0.3 is 0 Å². The minimum absolute atomic E-state index is 0. The number of hydrogen-bond acceptors (Lipinski definition) is 2. The van der Waals surface area contributed by atoms with Crippen molar-refractivity contribution in [2.45, 2.75) is 182 Å². The van der Waals surface area contributed by atoms with Crippen LogP contribution < -0.4 is 0 Å². The molecule has 3 heteroatoms. The first-order chi connectivity index (χ1) is 21.7. The fraction of sp³-hybridized carbons (Fsp3) is 0.667. The molecule has 0 aliphatic heterocycles. The Labute approximate surface area is 289 Å². The molecule has 0 unspecified atom stereocenters. The number of aliphatic imine (C=N–C) groups is 2. The molecule has 0 atom stereocenters. The van der Waals surface area contributed by atoms with Gasteiger partial charge in [0.2, 0.25) is 0 Å². The second-order valence-corrected chi connectivity index (χ2v) is 13.1. The van der Waals surface area contributed by atoms with Crippen molar-refractivity contribution < 1.29 is 16.5 Å². The van der Waals surface area contributed by atoms with Crippen molar-refractivity contribution in [3.05, 3.63) is 59.7 Å². The first kappa shape index (κ1) is 41.3. The van der Waals surface area contributed by atoms with Gasteiger partial charge in [-0.25, -0.2) is 0 Å². The van der Waals surface area contributed by atoms with E-state index >= 15 is 0 Å². The van der Waals surface area contributed by atoms with Gasteiger partial charge in [-0.05, 0) is 86.8 Å². The number of aryl methyl sites for hydroxylation is 2. The molecule has 0 bridgehead atoms. The minimum Gasteiger partial charge on any atom is -0.252 e. The van der Waals surface area contributed by atoms with Crippen LogP contribution in [0.15, 0.2) is 58.5 Å². The van der Waals surface area contributed by atoms with Crippen molar-refractivity contribution in [1.29, 1.82) is 0 Å². The van der Waals surface area contributed by atoms with Crippen molar-refractivity contribution in [1.82, 2.24) is 0 Å². The summed E-state index contributed by atoms with van der Waals surface area (Å²) in [5.41, 5.74) is 7.52. The van der Waals surface area contributed by atoms with Gasteiger partial charge in [-0.1, -0.05) is 155 Å². The van der Waals surface area contributed by atoms with E-state index in [9.17, 15) is 0 Å². The zero-order valence-electron chi connectivity index (χ0n) is 29.8. The third-order valence-electron chi connectivity index (χ3n) is 8.85. The van der Waals surface area contributed by atoms with Gasteiger partial charge in [-0.3, -0.25) is 9.98 Å². The summed E-state index contributed by atoms with van der Waals surface area (Å²) >= 11 is 0. The van der Waals surface area contributed by atoms with Crippen molar-refractivity contribution in [2.24, 2.45) is 9.98 Å². The molecular formula is C42H68N2Ni. The standard InChI is InChI=1S/C42H68N2.Ni/c1-5-9-13-17-20-24-34-42(44-40-32-26-30-38(36-40)28-22-19-15-11-7-3)41(33-23-16-12-8-4)43-39-31-25-29-37(35-39)27-21-18-14-10-6-2;/h25-26,29-32,35-36H,5-24,27-28,33-34H2,1-4H3;. The van der Waals surface area contributed by atoms with E-state index < -0.39 is 0 Å². The summed E-state index contributed by atoms with van der Waals surface area (Å²) in [6.45, 7) is 9.17. The summed E-state index contributed by atoms with van der Waals surface area (Å²) < 4.78 is 0. The zero-order chi connectivity index (χ0) is 31.5. The molecule has 2 nitrogen and oxygen atoms in total. The zero-order valence-corrected chi connectivity index (χ0v) is 30.8. The Hall–Kier alpha value is -1.73.